The van der Waals surface area contributed by atoms with E-state index in [0.717, 1.165) is 82.1 Å². The monoisotopic (exact) mass is 664 g/mol. The van der Waals surface area contributed by atoms with Crippen molar-refractivity contribution in [1.29, 1.82) is 0 Å². The average Bonchev–Trinajstić information content (AvgIpc) is 3.87. The summed E-state index contributed by atoms with van der Waals surface area (Å²) >= 11 is 0. The Bertz CT molecular complexity index is 1980. The molecule has 2 aromatic carbocycles. The lowest BCUT2D eigenvalue weighted by Crippen LogP contribution is -2.36. The first kappa shape index (κ1) is 32.5. The van der Waals surface area contributed by atoms with Crippen molar-refractivity contribution in [3.8, 4) is 33.8 Å². The molecule has 49 heavy (non-hydrogen) atoms. The van der Waals surface area contributed by atoms with Gasteiger partial charge in [0.15, 0.2) is 0 Å². The Labute approximate surface area is 286 Å². The summed E-state index contributed by atoms with van der Waals surface area (Å²) in [6.45, 7) is 12.6. The van der Waals surface area contributed by atoms with Crippen LogP contribution in [-0.4, -0.2) is 66.2 Å². The molecule has 0 saturated carbocycles. The Hall–Kier alpha value is -5.06. The first-order valence-electron chi connectivity index (χ1n) is 17.1. The lowest BCUT2D eigenvalue weighted by molar-refractivity contribution is 0.0208. The first-order valence-corrected chi connectivity index (χ1v) is 17.1. The fourth-order valence-electron chi connectivity index (χ4n) is 6.65. The van der Waals surface area contributed by atoms with E-state index < -0.39 is 11.2 Å². The third-order valence-corrected chi connectivity index (χ3v) is 8.89. The van der Waals surface area contributed by atoms with Crippen LogP contribution in [0.25, 0.3) is 44.8 Å². The average molecular weight is 665 g/mol. The molecule has 0 unspecified atom stereocenters. The van der Waals surface area contributed by atoms with Gasteiger partial charge in [0.05, 0.1) is 35.9 Å². The van der Waals surface area contributed by atoms with Gasteiger partial charge in [-0.15, -0.1) is 0 Å². The molecule has 2 fully saturated rings. The van der Waals surface area contributed by atoms with Gasteiger partial charge in [-0.05, 0) is 97.1 Å². The number of carbonyl (C=O) groups is 2. The molecular formula is C38H44N6O5. The SMILES string of the molecule is CC(C)(C)OC(=O)N1CCC[C@H]1c1ncc(-c2ccc(-c3cc4cc(-c5cnc([C@@H]6CCCN6C(=O)OC(C)(C)C)[nH]5)ccc4o3)cc2)[nH]1. The molecule has 5 aromatic rings. The van der Waals surface area contributed by atoms with Crippen LogP contribution in [0, 0.1) is 0 Å². The number of likely N-dealkylation sites (tertiary alicyclic amines) is 2. The predicted octanol–water partition coefficient (Wildman–Crippen LogP) is 9.02. The Morgan fingerprint density at radius 1 is 0.714 bits per heavy atom. The molecule has 2 N–H and O–H groups in total. The fourth-order valence-corrected chi connectivity index (χ4v) is 6.65. The third-order valence-electron chi connectivity index (χ3n) is 8.89. The normalized spacial score (nSPS) is 18.4. The second-order valence-electron chi connectivity index (χ2n) is 15.0. The molecule has 2 amide bonds. The Kier molecular flexibility index (Phi) is 8.24. The Balaban J connectivity index is 1.05. The summed E-state index contributed by atoms with van der Waals surface area (Å²) in [6, 6.07) is 16.0. The zero-order chi connectivity index (χ0) is 34.5. The summed E-state index contributed by atoms with van der Waals surface area (Å²) in [5.41, 5.74) is 4.40. The van der Waals surface area contributed by atoms with Crippen LogP contribution in [-0.2, 0) is 9.47 Å². The van der Waals surface area contributed by atoms with Crippen molar-refractivity contribution in [2.75, 3.05) is 13.1 Å². The zero-order valence-electron chi connectivity index (χ0n) is 29.0. The van der Waals surface area contributed by atoms with Crippen molar-refractivity contribution in [1.82, 2.24) is 29.7 Å². The quantitative estimate of drug-likeness (QED) is 0.192. The molecular weight excluding hydrogens is 620 g/mol. The van der Waals surface area contributed by atoms with Crippen LogP contribution in [0.15, 0.2) is 65.3 Å². The summed E-state index contributed by atoms with van der Waals surface area (Å²) in [5, 5.41) is 0.980. The standard InChI is InChI=1S/C38H44N6O5/c1-37(2,3)48-35(45)43-17-7-9-29(43)33-39-21-27(41-33)23-11-13-24(14-12-23)32-20-26-19-25(15-16-31(26)47-32)28-22-40-34(42-28)30-10-8-18-44(30)36(46)49-38(4,5)6/h11-16,19-22,29-30H,7-10,17-18H2,1-6H3,(H,39,41)(H,40,42)/t29-,30-/m0/s1. The highest BCUT2D eigenvalue weighted by atomic mass is 16.6. The number of aromatic nitrogens is 4. The number of rotatable bonds is 5. The third kappa shape index (κ3) is 6.93. The number of amides is 2. The number of nitrogens with zero attached hydrogens (tertiary/aromatic N) is 4. The molecule has 2 saturated heterocycles. The van der Waals surface area contributed by atoms with Crippen LogP contribution in [0.5, 0.6) is 0 Å². The maximum Gasteiger partial charge on any atom is 0.410 e. The molecule has 2 aliphatic rings. The van der Waals surface area contributed by atoms with Gasteiger partial charge in [0.2, 0.25) is 0 Å². The minimum absolute atomic E-state index is 0.133. The lowest BCUT2D eigenvalue weighted by Gasteiger charge is -2.27. The summed E-state index contributed by atoms with van der Waals surface area (Å²) in [4.78, 5) is 45.4. The van der Waals surface area contributed by atoms with Crippen LogP contribution < -0.4 is 0 Å². The van der Waals surface area contributed by atoms with Gasteiger partial charge in [0, 0.05) is 29.6 Å². The zero-order valence-corrected chi connectivity index (χ0v) is 29.0. The molecule has 0 spiro atoms. The van der Waals surface area contributed by atoms with E-state index in [2.05, 4.69) is 26.0 Å². The van der Waals surface area contributed by atoms with Gasteiger partial charge in [-0.1, -0.05) is 24.3 Å². The Morgan fingerprint density at radius 2 is 1.20 bits per heavy atom. The number of hydrogen-bond acceptors (Lipinski definition) is 7. The number of ether oxygens (including phenoxy) is 2. The largest absolute Gasteiger partial charge is 0.456 e. The van der Waals surface area contributed by atoms with E-state index in [-0.39, 0.29) is 24.3 Å². The van der Waals surface area contributed by atoms with Crippen LogP contribution in [0.2, 0.25) is 0 Å². The molecule has 0 bridgehead atoms. The smallest absolute Gasteiger partial charge is 0.410 e. The minimum atomic E-state index is -0.549. The summed E-state index contributed by atoms with van der Waals surface area (Å²) in [5.74, 6) is 2.30. The maximum absolute atomic E-state index is 12.8. The molecule has 3 aromatic heterocycles. The number of aromatic amines is 2. The number of fused-ring (bicyclic) bond motifs is 1. The summed E-state index contributed by atoms with van der Waals surface area (Å²) in [7, 11) is 0. The number of nitrogens with one attached hydrogen (secondary N) is 2. The van der Waals surface area contributed by atoms with Gasteiger partial charge in [0.25, 0.3) is 0 Å². The summed E-state index contributed by atoms with van der Waals surface area (Å²) in [6.07, 6.45) is 6.52. The molecule has 256 valence electrons. The van der Waals surface area contributed by atoms with Gasteiger partial charge >= 0.3 is 12.2 Å². The van der Waals surface area contributed by atoms with Gasteiger partial charge in [0.1, 0.15) is 34.2 Å². The molecule has 11 nitrogen and oxygen atoms in total. The van der Waals surface area contributed by atoms with Crippen LogP contribution in [0.1, 0.15) is 91.0 Å². The number of hydrogen-bond donors (Lipinski definition) is 2. The maximum atomic E-state index is 12.8. The van der Waals surface area contributed by atoms with E-state index in [0.29, 0.717) is 13.1 Å². The van der Waals surface area contributed by atoms with E-state index in [4.69, 9.17) is 13.9 Å². The molecule has 11 heteroatoms. The Morgan fingerprint density at radius 3 is 1.73 bits per heavy atom. The lowest BCUT2D eigenvalue weighted by atomic mass is 10.1. The molecule has 2 aliphatic heterocycles. The second kappa shape index (κ2) is 12.4. The van der Waals surface area contributed by atoms with Crippen molar-refractivity contribution < 1.29 is 23.5 Å². The van der Waals surface area contributed by atoms with Crippen LogP contribution in [0.4, 0.5) is 9.59 Å². The topological polar surface area (TPSA) is 130 Å². The van der Waals surface area contributed by atoms with Crippen molar-refractivity contribution in [2.24, 2.45) is 0 Å². The fraction of sp³-hybridized carbons (Fsp3) is 0.421. The molecule has 7 rings (SSSR count). The van der Waals surface area contributed by atoms with Crippen LogP contribution >= 0.6 is 0 Å². The molecule has 2 atom stereocenters. The predicted molar refractivity (Wildman–Crippen MR) is 187 cm³/mol. The van der Waals surface area contributed by atoms with E-state index in [9.17, 15) is 9.59 Å². The van der Waals surface area contributed by atoms with Gasteiger partial charge in [-0.3, -0.25) is 9.80 Å². The van der Waals surface area contributed by atoms with Gasteiger partial charge in [-0.2, -0.15) is 0 Å². The summed E-state index contributed by atoms with van der Waals surface area (Å²) < 4.78 is 17.5. The van der Waals surface area contributed by atoms with Gasteiger partial charge < -0.3 is 23.9 Å². The highest BCUT2D eigenvalue weighted by Crippen LogP contribution is 2.36. The highest BCUT2D eigenvalue weighted by molar-refractivity contribution is 5.87. The second-order valence-corrected chi connectivity index (χ2v) is 15.0. The van der Waals surface area contributed by atoms with Crippen molar-refractivity contribution in [3.05, 3.63) is 72.6 Å². The van der Waals surface area contributed by atoms with Crippen molar-refractivity contribution in [2.45, 2.75) is 90.5 Å². The molecule has 0 radical (unpaired) electrons. The number of H-pyrrole nitrogens is 2. The number of furan rings is 1. The first-order chi connectivity index (χ1) is 23.3. The minimum Gasteiger partial charge on any atom is -0.456 e. The van der Waals surface area contributed by atoms with Crippen molar-refractivity contribution >= 4 is 23.2 Å². The van der Waals surface area contributed by atoms with E-state index in [1.54, 1.807) is 9.80 Å². The van der Waals surface area contributed by atoms with Gasteiger partial charge in [-0.25, -0.2) is 19.6 Å². The number of benzene rings is 2. The van der Waals surface area contributed by atoms with E-state index in [1.807, 2.05) is 96.4 Å². The highest BCUT2D eigenvalue weighted by Gasteiger charge is 2.36. The van der Waals surface area contributed by atoms with Crippen molar-refractivity contribution in [3.63, 3.8) is 0 Å². The molecule has 5 heterocycles. The molecule has 0 aliphatic carbocycles. The van der Waals surface area contributed by atoms with E-state index in [1.165, 1.54) is 0 Å². The number of imidazole rings is 2. The number of carbonyl (C=O) groups excluding carboxylic acids is 2. The van der Waals surface area contributed by atoms with E-state index >= 15 is 0 Å². The van der Waals surface area contributed by atoms with Crippen LogP contribution in [0.3, 0.4) is 0 Å².